The van der Waals surface area contributed by atoms with E-state index in [1.807, 2.05) is 55.6 Å². The zero-order valence-electron chi connectivity index (χ0n) is 13.9. The summed E-state index contributed by atoms with van der Waals surface area (Å²) in [5.74, 6) is 0.928. The molecule has 0 bridgehead atoms. The van der Waals surface area contributed by atoms with Crippen LogP contribution in [0.15, 0.2) is 41.4 Å². The Bertz CT molecular complexity index is 879. The minimum absolute atomic E-state index is 0.0425. The number of carbonyl (C=O) groups excluding carboxylic acids is 1. The number of aromatic nitrogens is 2. The van der Waals surface area contributed by atoms with Crippen LogP contribution in [0.25, 0.3) is 5.52 Å². The average Bonchev–Trinajstić information content (AvgIpc) is 2.86. The first-order chi connectivity index (χ1) is 11.0. The Morgan fingerprint density at radius 3 is 2.43 bits per heavy atom. The molecule has 0 aliphatic heterocycles. The lowest BCUT2D eigenvalue weighted by atomic mass is 10.0. The van der Waals surface area contributed by atoms with Gasteiger partial charge in [-0.25, -0.2) is 4.52 Å². The molecule has 0 unspecified atom stereocenters. The van der Waals surface area contributed by atoms with E-state index in [0.29, 0.717) is 11.1 Å². The molecule has 4 heteroatoms. The summed E-state index contributed by atoms with van der Waals surface area (Å²) in [4.78, 5) is 13.1. The van der Waals surface area contributed by atoms with Crippen LogP contribution in [0.5, 0.6) is 0 Å². The molecule has 3 nitrogen and oxygen atoms in total. The van der Waals surface area contributed by atoms with Gasteiger partial charge in [0, 0.05) is 11.3 Å². The van der Waals surface area contributed by atoms with E-state index in [-0.39, 0.29) is 5.78 Å². The van der Waals surface area contributed by atoms with Crippen molar-refractivity contribution < 1.29 is 4.79 Å². The zero-order chi connectivity index (χ0) is 16.6. The molecular formula is C19H20N2OS. The van der Waals surface area contributed by atoms with Crippen LogP contribution >= 0.6 is 11.8 Å². The molecule has 0 N–H and O–H groups in total. The van der Waals surface area contributed by atoms with Crippen molar-refractivity contribution in [3.8, 4) is 0 Å². The van der Waals surface area contributed by atoms with Gasteiger partial charge >= 0.3 is 0 Å². The van der Waals surface area contributed by atoms with E-state index in [0.717, 1.165) is 33.1 Å². The summed E-state index contributed by atoms with van der Waals surface area (Å²) in [6, 6.07) is 11.9. The predicted molar refractivity (Wildman–Crippen MR) is 95.7 cm³/mol. The quantitative estimate of drug-likeness (QED) is 0.519. The molecule has 0 aliphatic carbocycles. The highest BCUT2D eigenvalue weighted by atomic mass is 32.2. The Morgan fingerprint density at radius 2 is 1.78 bits per heavy atom. The molecule has 118 valence electrons. The highest BCUT2D eigenvalue weighted by molar-refractivity contribution is 7.99. The second kappa shape index (κ2) is 6.20. The van der Waals surface area contributed by atoms with Gasteiger partial charge in [-0.1, -0.05) is 36.8 Å². The van der Waals surface area contributed by atoms with Gasteiger partial charge < -0.3 is 0 Å². The second-order valence-electron chi connectivity index (χ2n) is 5.78. The van der Waals surface area contributed by atoms with Crippen LogP contribution in [0.4, 0.5) is 0 Å². The first-order valence-electron chi connectivity index (χ1n) is 7.75. The molecule has 0 spiro atoms. The molecule has 2 heterocycles. The zero-order valence-corrected chi connectivity index (χ0v) is 14.7. The normalized spacial score (nSPS) is 11.1. The first kappa shape index (κ1) is 15.8. The second-order valence-corrected chi connectivity index (χ2v) is 7.03. The van der Waals surface area contributed by atoms with E-state index in [2.05, 4.69) is 18.1 Å². The Morgan fingerprint density at radius 1 is 1.09 bits per heavy atom. The lowest BCUT2D eigenvalue weighted by Gasteiger charge is -2.04. The number of nitrogens with zero attached hydrogens (tertiary/aromatic N) is 2. The van der Waals surface area contributed by atoms with Crippen molar-refractivity contribution in [2.24, 2.45) is 0 Å². The van der Waals surface area contributed by atoms with Gasteiger partial charge in [0.1, 0.15) is 5.03 Å². The SMILES string of the molecule is CCSc1nn2c(C)cc(C)cc2c1C(=O)c1ccc(C)cc1. The van der Waals surface area contributed by atoms with Gasteiger partial charge in [0.15, 0.2) is 5.78 Å². The largest absolute Gasteiger partial charge is 0.288 e. The monoisotopic (exact) mass is 324 g/mol. The third-order valence-corrected chi connectivity index (χ3v) is 4.69. The van der Waals surface area contributed by atoms with Gasteiger partial charge in [-0.2, -0.15) is 5.10 Å². The minimum atomic E-state index is 0.0425. The number of pyridine rings is 1. The minimum Gasteiger partial charge on any atom is -0.288 e. The standard InChI is InChI=1S/C19H20N2OS/c1-5-23-19-17(18(22)15-8-6-12(2)7-9-15)16-11-13(3)10-14(4)21(16)20-19/h6-11H,5H2,1-4H3. The van der Waals surface area contributed by atoms with Gasteiger partial charge in [0.05, 0.1) is 11.1 Å². The van der Waals surface area contributed by atoms with Crippen LogP contribution in [0, 0.1) is 20.8 Å². The highest BCUT2D eigenvalue weighted by Gasteiger charge is 2.22. The third-order valence-electron chi connectivity index (χ3n) is 3.85. The number of hydrogen-bond acceptors (Lipinski definition) is 3. The van der Waals surface area contributed by atoms with Crippen LogP contribution in [0.3, 0.4) is 0 Å². The molecule has 1 aromatic carbocycles. The Labute approximate surface area is 140 Å². The highest BCUT2D eigenvalue weighted by Crippen LogP contribution is 2.29. The summed E-state index contributed by atoms with van der Waals surface area (Å²) in [5, 5.41) is 5.48. The van der Waals surface area contributed by atoms with Crippen molar-refractivity contribution in [1.29, 1.82) is 0 Å². The molecule has 0 amide bonds. The number of thioether (sulfide) groups is 1. The number of fused-ring (bicyclic) bond motifs is 1. The number of rotatable bonds is 4. The van der Waals surface area contributed by atoms with E-state index < -0.39 is 0 Å². The van der Waals surface area contributed by atoms with Gasteiger partial charge in [-0.15, -0.1) is 11.8 Å². The summed E-state index contributed by atoms with van der Waals surface area (Å²) < 4.78 is 1.88. The van der Waals surface area contributed by atoms with Crippen molar-refractivity contribution in [3.63, 3.8) is 0 Å². The molecule has 0 fully saturated rings. The number of benzene rings is 1. The number of ketones is 1. The number of carbonyl (C=O) groups is 1. The molecule has 0 radical (unpaired) electrons. The smallest absolute Gasteiger partial charge is 0.197 e. The topological polar surface area (TPSA) is 34.4 Å². The number of aryl methyl sites for hydroxylation is 3. The van der Waals surface area contributed by atoms with Crippen molar-refractivity contribution >= 4 is 23.1 Å². The Hall–Kier alpha value is -2.07. The van der Waals surface area contributed by atoms with Gasteiger partial charge in [-0.05, 0) is 44.2 Å². The molecule has 2 aromatic heterocycles. The van der Waals surface area contributed by atoms with Crippen molar-refractivity contribution in [1.82, 2.24) is 9.61 Å². The maximum atomic E-state index is 13.1. The van der Waals surface area contributed by atoms with Crippen LogP contribution in [-0.2, 0) is 0 Å². The summed E-state index contributed by atoms with van der Waals surface area (Å²) in [6.07, 6.45) is 0. The molecule has 3 rings (SSSR count). The van der Waals surface area contributed by atoms with Crippen molar-refractivity contribution in [2.45, 2.75) is 32.7 Å². The Kier molecular flexibility index (Phi) is 4.26. The van der Waals surface area contributed by atoms with E-state index in [1.54, 1.807) is 11.8 Å². The summed E-state index contributed by atoms with van der Waals surface area (Å²) in [6.45, 7) is 8.17. The van der Waals surface area contributed by atoms with Crippen LogP contribution in [0.1, 0.15) is 39.7 Å². The molecule has 0 atom stereocenters. The number of hydrogen-bond donors (Lipinski definition) is 0. The van der Waals surface area contributed by atoms with Crippen molar-refractivity contribution in [3.05, 3.63) is 64.3 Å². The van der Waals surface area contributed by atoms with E-state index >= 15 is 0 Å². The maximum Gasteiger partial charge on any atom is 0.197 e. The lowest BCUT2D eigenvalue weighted by Crippen LogP contribution is -2.03. The molecule has 23 heavy (non-hydrogen) atoms. The molecule has 0 saturated heterocycles. The fourth-order valence-corrected chi connectivity index (χ4v) is 3.52. The van der Waals surface area contributed by atoms with Crippen LogP contribution < -0.4 is 0 Å². The summed E-state index contributed by atoms with van der Waals surface area (Å²) >= 11 is 1.62. The molecule has 3 aromatic rings. The average molecular weight is 324 g/mol. The van der Waals surface area contributed by atoms with Crippen molar-refractivity contribution in [2.75, 3.05) is 5.75 Å². The fourth-order valence-electron chi connectivity index (χ4n) is 2.76. The van der Waals surface area contributed by atoms with E-state index in [1.165, 1.54) is 0 Å². The maximum absolute atomic E-state index is 13.1. The van der Waals surface area contributed by atoms with E-state index in [4.69, 9.17) is 0 Å². The van der Waals surface area contributed by atoms with Crippen LogP contribution in [-0.4, -0.2) is 21.2 Å². The van der Waals surface area contributed by atoms with Gasteiger partial charge in [-0.3, -0.25) is 4.79 Å². The van der Waals surface area contributed by atoms with E-state index in [9.17, 15) is 4.79 Å². The molecule has 0 saturated carbocycles. The molecular weight excluding hydrogens is 304 g/mol. The first-order valence-corrected chi connectivity index (χ1v) is 8.74. The molecule has 0 aliphatic rings. The van der Waals surface area contributed by atoms with Gasteiger partial charge in [0.2, 0.25) is 0 Å². The summed E-state index contributed by atoms with van der Waals surface area (Å²) in [5.41, 5.74) is 5.65. The Balaban J connectivity index is 2.23. The lowest BCUT2D eigenvalue weighted by molar-refractivity contribution is 0.103. The van der Waals surface area contributed by atoms with Gasteiger partial charge in [0.25, 0.3) is 0 Å². The third kappa shape index (κ3) is 2.91. The summed E-state index contributed by atoms with van der Waals surface area (Å²) in [7, 11) is 0. The fraction of sp³-hybridized carbons (Fsp3) is 0.263. The predicted octanol–water partition coefficient (Wildman–Crippen LogP) is 4.60. The van der Waals surface area contributed by atoms with Crippen LogP contribution in [0.2, 0.25) is 0 Å².